The fourth-order valence-corrected chi connectivity index (χ4v) is 5.93. The van der Waals surface area contributed by atoms with E-state index in [1.165, 1.54) is 28.7 Å². The fourth-order valence-electron chi connectivity index (χ4n) is 5.93. The summed E-state index contributed by atoms with van der Waals surface area (Å²) in [5.74, 6) is 1.01. The molecule has 0 N–H and O–H groups in total. The second-order valence-electron chi connectivity index (χ2n) is 7.95. The average Bonchev–Trinajstić information content (AvgIpc) is 2.58. The number of hydrogen-bond donors (Lipinski definition) is 0. The summed E-state index contributed by atoms with van der Waals surface area (Å²) in [7, 11) is 5.95. The van der Waals surface area contributed by atoms with Gasteiger partial charge in [0.1, 0.15) is 11.4 Å². The summed E-state index contributed by atoms with van der Waals surface area (Å²) in [5, 5.41) is 0. The highest BCUT2D eigenvalue weighted by atomic mass is 16.5. The van der Waals surface area contributed by atoms with Crippen LogP contribution in [0.5, 0.6) is 5.75 Å². The number of ether oxygens (including phenoxy) is 2. The molecule has 0 spiro atoms. The van der Waals surface area contributed by atoms with Crippen molar-refractivity contribution in [2.75, 3.05) is 27.8 Å². The Hall–Kier alpha value is -1.32. The SMILES string of the molecule is COc1ccc2c(c1C)C13CCC(C)=CC1(OC)C(C2)N(C)CC3. The zero-order valence-electron chi connectivity index (χ0n) is 15.6. The Kier molecular flexibility index (Phi) is 3.59. The molecule has 3 aliphatic rings. The number of piperidine rings is 1. The van der Waals surface area contributed by atoms with Gasteiger partial charge >= 0.3 is 0 Å². The summed E-state index contributed by atoms with van der Waals surface area (Å²) in [6.07, 6.45) is 7.00. The van der Waals surface area contributed by atoms with Gasteiger partial charge in [-0.3, -0.25) is 4.90 Å². The van der Waals surface area contributed by atoms with Gasteiger partial charge < -0.3 is 9.47 Å². The number of likely N-dealkylation sites (tertiary alicyclic amines) is 1. The van der Waals surface area contributed by atoms with E-state index in [1.807, 2.05) is 7.11 Å². The van der Waals surface area contributed by atoms with Gasteiger partial charge in [0.25, 0.3) is 0 Å². The molecule has 3 nitrogen and oxygen atoms in total. The number of likely N-dealkylation sites (N-methyl/N-ethyl adjacent to an activating group) is 1. The van der Waals surface area contributed by atoms with Crippen LogP contribution in [0, 0.1) is 6.92 Å². The summed E-state index contributed by atoms with van der Waals surface area (Å²) >= 11 is 0. The van der Waals surface area contributed by atoms with E-state index in [4.69, 9.17) is 9.47 Å². The van der Waals surface area contributed by atoms with Crippen LogP contribution in [0.2, 0.25) is 0 Å². The summed E-state index contributed by atoms with van der Waals surface area (Å²) in [4.78, 5) is 2.51. The van der Waals surface area contributed by atoms with Crippen LogP contribution in [0.1, 0.15) is 42.9 Å². The van der Waals surface area contributed by atoms with Crippen molar-refractivity contribution in [1.82, 2.24) is 4.90 Å². The molecule has 2 aliphatic carbocycles. The summed E-state index contributed by atoms with van der Waals surface area (Å²) in [6, 6.07) is 4.84. The van der Waals surface area contributed by atoms with Gasteiger partial charge in [0.15, 0.2) is 0 Å². The molecule has 0 aromatic heterocycles. The van der Waals surface area contributed by atoms with Crippen molar-refractivity contribution in [3.63, 3.8) is 0 Å². The van der Waals surface area contributed by atoms with Gasteiger partial charge in [-0.05, 0) is 75.9 Å². The first-order valence-electron chi connectivity index (χ1n) is 9.10. The highest BCUT2D eigenvalue weighted by Gasteiger charge is 2.63. The lowest BCUT2D eigenvalue weighted by atomic mass is 9.50. The Bertz CT molecular complexity index is 710. The van der Waals surface area contributed by atoms with Crippen LogP contribution in [0.3, 0.4) is 0 Å². The minimum atomic E-state index is -0.216. The zero-order chi connectivity index (χ0) is 17.1. The van der Waals surface area contributed by atoms with Gasteiger partial charge in [0.2, 0.25) is 0 Å². The highest BCUT2D eigenvalue weighted by molar-refractivity contribution is 5.56. The monoisotopic (exact) mass is 327 g/mol. The van der Waals surface area contributed by atoms with E-state index in [0.29, 0.717) is 6.04 Å². The second-order valence-corrected chi connectivity index (χ2v) is 7.95. The van der Waals surface area contributed by atoms with E-state index >= 15 is 0 Å². The molecule has 1 heterocycles. The third-order valence-corrected chi connectivity index (χ3v) is 7.02. The molecule has 1 aromatic carbocycles. The van der Waals surface area contributed by atoms with Crippen molar-refractivity contribution in [2.45, 2.75) is 56.6 Å². The third-order valence-electron chi connectivity index (χ3n) is 7.02. The summed E-state index contributed by atoms with van der Waals surface area (Å²) in [5.41, 5.74) is 5.64. The molecule has 3 unspecified atom stereocenters. The van der Waals surface area contributed by atoms with Crippen molar-refractivity contribution < 1.29 is 9.47 Å². The van der Waals surface area contributed by atoms with E-state index in [2.05, 4.69) is 44.0 Å². The molecule has 1 fully saturated rings. The molecule has 4 rings (SSSR count). The Morgan fingerprint density at radius 2 is 1.96 bits per heavy atom. The van der Waals surface area contributed by atoms with Crippen LogP contribution in [0.4, 0.5) is 0 Å². The average molecular weight is 327 g/mol. The van der Waals surface area contributed by atoms with Gasteiger partial charge in [0, 0.05) is 18.6 Å². The summed E-state index contributed by atoms with van der Waals surface area (Å²) in [6.45, 7) is 5.63. The van der Waals surface area contributed by atoms with Crippen LogP contribution in [-0.2, 0) is 16.6 Å². The largest absolute Gasteiger partial charge is 0.496 e. The molecule has 130 valence electrons. The lowest BCUT2D eigenvalue weighted by Gasteiger charge is -2.64. The molecule has 3 heteroatoms. The number of rotatable bonds is 2. The topological polar surface area (TPSA) is 21.7 Å². The van der Waals surface area contributed by atoms with Crippen LogP contribution in [0.25, 0.3) is 0 Å². The van der Waals surface area contributed by atoms with Gasteiger partial charge in [-0.15, -0.1) is 0 Å². The Labute approximate surface area is 145 Å². The number of benzene rings is 1. The maximum atomic E-state index is 6.41. The molecule has 3 atom stereocenters. The van der Waals surface area contributed by atoms with Gasteiger partial charge in [-0.25, -0.2) is 0 Å². The van der Waals surface area contributed by atoms with E-state index in [0.717, 1.165) is 31.6 Å². The van der Waals surface area contributed by atoms with Crippen LogP contribution in [0.15, 0.2) is 23.8 Å². The first-order chi connectivity index (χ1) is 11.5. The molecule has 1 aliphatic heterocycles. The van der Waals surface area contributed by atoms with Crippen molar-refractivity contribution in [3.05, 3.63) is 40.5 Å². The summed E-state index contributed by atoms with van der Waals surface area (Å²) < 4.78 is 12.1. The first-order valence-corrected chi connectivity index (χ1v) is 9.10. The third kappa shape index (κ3) is 1.80. The lowest BCUT2D eigenvalue weighted by Crippen LogP contribution is -2.71. The van der Waals surface area contributed by atoms with E-state index in [9.17, 15) is 0 Å². The Morgan fingerprint density at radius 1 is 1.17 bits per heavy atom. The van der Waals surface area contributed by atoms with Crippen LogP contribution in [-0.4, -0.2) is 44.4 Å². The number of hydrogen-bond acceptors (Lipinski definition) is 3. The van der Waals surface area contributed by atoms with E-state index < -0.39 is 0 Å². The first kappa shape index (κ1) is 16.2. The van der Waals surface area contributed by atoms with E-state index in [-0.39, 0.29) is 11.0 Å². The maximum absolute atomic E-state index is 6.41. The molecule has 2 bridgehead atoms. The van der Waals surface area contributed by atoms with Gasteiger partial charge in [0.05, 0.1) is 7.11 Å². The van der Waals surface area contributed by atoms with Crippen molar-refractivity contribution in [1.29, 1.82) is 0 Å². The van der Waals surface area contributed by atoms with E-state index in [1.54, 1.807) is 7.11 Å². The molecule has 1 aromatic rings. The molecule has 1 saturated heterocycles. The van der Waals surface area contributed by atoms with Gasteiger partial charge in [-0.2, -0.15) is 0 Å². The number of nitrogens with zero attached hydrogens (tertiary/aromatic N) is 1. The van der Waals surface area contributed by atoms with Gasteiger partial charge in [-0.1, -0.05) is 17.7 Å². The molecule has 0 saturated carbocycles. The minimum absolute atomic E-state index is 0.0741. The predicted molar refractivity (Wildman–Crippen MR) is 96.9 cm³/mol. The lowest BCUT2D eigenvalue weighted by molar-refractivity contribution is -0.137. The quantitative estimate of drug-likeness (QED) is 0.774. The Balaban J connectivity index is 2.04. The maximum Gasteiger partial charge on any atom is 0.122 e. The van der Waals surface area contributed by atoms with Crippen molar-refractivity contribution >= 4 is 0 Å². The predicted octanol–water partition coefficient (Wildman–Crippen LogP) is 3.63. The second kappa shape index (κ2) is 5.34. The standard InChI is InChI=1S/C21H29NO2/c1-14-8-9-20-10-11-22(3)18(21(20,13-14)24-5)12-16-6-7-17(23-4)15(2)19(16)20/h6-7,13,18H,8-12H2,1-5H3. The molecule has 24 heavy (non-hydrogen) atoms. The molecule has 0 radical (unpaired) electrons. The number of allylic oxidation sites excluding steroid dienone is 1. The smallest absolute Gasteiger partial charge is 0.122 e. The molecular formula is C21H29NO2. The number of methoxy groups -OCH3 is 2. The number of fused-ring (bicyclic) bond motifs is 1. The molecule has 0 amide bonds. The van der Waals surface area contributed by atoms with Crippen molar-refractivity contribution in [3.8, 4) is 5.75 Å². The Morgan fingerprint density at radius 3 is 2.67 bits per heavy atom. The van der Waals surface area contributed by atoms with Crippen molar-refractivity contribution in [2.24, 2.45) is 0 Å². The fraction of sp³-hybridized carbons (Fsp3) is 0.619. The normalized spacial score (nSPS) is 35.0. The highest BCUT2D eigenvalue weighted by Crippen LogP contribution is 2.59. The minimum Gasteiger partial charge on any atom is -0.496 e. The molecular weight excluding hydrogens is 298 g/mol. The van der Waals surface area contributed by atoms with Crippen LogP contribution >= 0.6 is 0 Å². The zero-order valence-corrected chi connectivity index (χ0v) is 15.6. The van der Waals surface area contributed by atoms with Crippen LogP contribution < -0.4 is 4.74 Å².